The molecule has 0 amide bonds. The fourth-order valence-electron chi connectivity index (χ4n) is 2.21. The summed E-state index contributed by atoms with van der Waals surface area (Å²) < 4.78 is 10.6. The Balaban J connectivity index is 1.57. The van der Waals surface area contributed by atoms with Crippen molar-refractivity contribution >= 4 is 27.6 Å². The van der Waals surface area contributed by atoms with E-state index in [-0.39, 0.29) is 16.2 Å². The summed E-state index contributed by atoms with van der Waals surface area (Å²) >= 11 is 0.902. The Morgan fingerprint density at radius 2 is 1.83 bits per heavy atom. The van der Waals surface area contributed by atoms with E-state index in [2.05, 4.69) is 10.2 Å². The summed E-state index contributed by atoms with van der Waals surface area (Å²) in [6.45, 7) is 0. The van der Waals surface area contributed by atoms with Crippen molar-refractivity contribution in [1.29, 1.82) is 0 Å². The first-order chi connectivity index (χ1) is 11.3. The lowest BCUT2D eigenvalue weighted by Gasteiger charge is -2.01. The molecule has 4 aromatic rings. The summed E-state index contributed by atoms with van der Waals surface area (Å²) in [5.41, 5.74) is 0.589. The number of hydrogen-bond donors (Lipinski definition) is 0. The van der Waals surface area contributed by atoms with E-state index in [0.29, 0.717) is 11.3 Å². The van der Waals surface area contributed by atoms with Gasteiger partial charge in [-0.05, 0) is 35.0 Å². The smallest absolute Gasteiger partial charge is 0.284 e. The van der Waals surface area contributed by atoms with Crippen LogP contribution in [0.2, 0.25) is 0 Å². The van der Waals surface area contributed by atoms with Gasteiger partial charge in [-0.2, -0.15) is 0 Å². The number of nitrogens with zero attached hydrogens (tertiary/aromatic N) is 2. The molecule has 0 aliphatic heterocycles. The molecule has 23 heavy (non-hydrogen) atoms. The van der Waals surface area contributed by atoms with Crippen LogP contribution >= 0.6 is 11.8 Å². The molecule has 0 aliphatic carbocycles. The van der Waals surface area contributed by atoms with Gasteiger partial charge >= 0.3 is 0 Å². The molecule has 0 saturated carbocycles. The lowest BCUT2D eigenvalue weighted by atomic mass is 10.1. The summed E-state index contributed by atoms with van der Waals surface area (Å²) in [6, 6.07) is 16.9. The van der Waals surface area contributed by atoms with Crippen molar-refractivity contribution in [2.24, 2.45) is 0 Å². The van der Waals surface area contributed by atoms with Crippen LogP contribution in [0.4, 0.5) is 0 Å². The summed E-state index contributed by atoms with van der Waals surface area (Å²) in [4.78, 5) is 12.4. The third-order valence-corrected chi connectivity index (χ3v) is 4.06. The molecule has 2 heterocycles. The van der Waals surface area contributed by atoms with Crippen molar-refractivity contribution in [1.82, 2.24) is 10.2 Å². The number of aromatic nitrogens is 2. The van der Waals surface area contributed by atoms with Gasteiger partial charge in [-0.25, -0.2) is 0 Å². The van der Waals surface area contributed by atoms with E-state index in [1.807, 2.05) is 36.4 Å². The highest BCUT2D eigenvalue weighted by Gasteiger charge is 2.16. The molecule has 0 fully saturated rings. The minimum absolute atomic E-state index is 0.148. The molecule has 0 bridgehead atoms. The molecule has 0 atom stereocenters. The molecule has 2 aromatic heterocycles. The van der Waals surface area contributed by atoms with Gasteiger partial charge < -0.3 is 8.83 Å². The van der Waals surface area contributed by atoms with E-state index in [4.69, 9.17) is 8.83 Å². The van der Waals surface area contributed by atoms with Gasteiger partial charge in [0.15, 0.2) is 5.76 Å². The molecular weight excluding hydrogens is 312 g/mol. The Kier molecular flexibility index (Phi) is 3.44. The Bertz CT molecular complexity index is 976. The molecule has 0 N–H and O–H groups in total. The maximum atomic E-state index is 12.4. The van der Waals surface area contributed by atoms with E-state index in [9.17, 15) is 4.79 Å². The van der Waals surface area contributed by atoms with Crippen LogP contribution in [0.25, 0.3) is 22.4 Å². The Morgan fingerprint density at radius 3 is 2.65 bits per heavy atom. The summed E-state index contributed by atoms with van der Waals surface area (Å²) in [5, 5.41) is 9.88. The van der Waals surface area contributed by atoms with E-state index in [1.54, 1.807) is 18.2 Å². The first kappa shape index (κ1) is 13.8. The van der Waals surface area contributed by atoms with Crippen LogP contribution in [-0.4, -0.2) is 15.3 Å². The number of furan rings is 1. The number of fused-ring (bicyclic) bond motifs is 1. The van der Waals surface area contributed by atoms with Crippen LogP contribution in [0, 0.1) is 0 Å². The third-order valence-electron chi connectivity index (χ3n) is 3.30. The third kappa shape index (κ3) is 2.76. The maximum absolute atomic E-state index is 12.4. The average molecular weight is 322 g/mol. The predicted molar refractivity (Wildman–Crippen MR) is 86.1 cm³/mol. The van der Waals surface area contributed by atoms with Crippen LogP contribution in [0.3, 0.4) is 0 Å². The molecule has 0 unspecified atom stereocenters. The zero-order valence-electron chi connectivity index (χ0n) is 11.8. The van der Waals surface area contributed by atoms with Crippen molar-refractivity contribution in [3.63, 3.8) is 0 Å². The second-order valence-corrected chi connectivity index (χ2v) is 5.73. The molecule has 0 radical (unpaired) electrons. The Hall–Kier alpha value is -2.86. The van der Waals surface area contributed by atoms with Crippen LogP contribution in [0.1, 0.15) is 10.4 Å². The van der Waals surface area contributed by atoms with Crippen LogP contribution in [-0.2, 0) is 0 Å². The van der Waals surface area contributed by atoms with Gasteiger partial charge in [0.1, 0.15) is 0 Å². The fourth-order valence-corrected chi connectivity index (χ4v) is 2.81. The van der Waals surface area contributed by atoms with Crippen molar-refractivity contribution in [3.05, 3.63) is 66.4 Å². The van der Waals surface area contributed by atoms with Crippen molar-refractivity contribution in [2.75, 3.05) is 0 Å². The van der Waals surface area contributed by atoms with Gasteiger partial charge in [0.2, 0.25) is 5.12 Å². The number of hydrogen-bond acceptors (Lipinski definition) is 6. The van der Waals surface area contributed by atoms with E-state index >= 15 is 0 Å². The van der Waals surface area contributed by atoms with Gasteiger partial charge in [0.25, 0.3) is 11.1 Å². The van der Waals surface area contributed by atoms with Gasteiger partial charge in [0.05, 0.1) is 6.26 Å². The largest absolute Gasteiger partial charge is 0.459 e. The molecule has 0 spiro atoms. The number of carbonyl (C=O) groups is 1. The standard InChI is InChI=1S/C17H10N2O3S/c20-16(13-8-7-11-4-1-2-5-12(11)10-13)23-17-19-18-15(22-17)14-6-3-9-21-14/h1-10H. The van der Waals surface area contributed by atoms with Crippen LogP contribution in [0.15, 0.2) is 74.9 Å². The topological polar surface area (TPSA) is 69.1 Å². The molecule has 0 saturated heterocycles. The predicted octanol–water partition coefficient (Wildman–Crippen LogP) is 4.42. The minimum atomic E-state index is -0.148. The highest BCUT2D eigenvalue weighted by molar-refractivity contribution is 8.14. The fraction of sp³-hybridized carbons (Fsp3) is 0. The number of rotatable bonds is 3. The maximum Gasteiger partial charge on any atom is 0.284 e. The SMILES string of the molecule is O=C(Sc1nnc(-c2ccco2)o1)c1ccc2ccccc2c1. The lowest BCUT2D eigenvalue weighted by Crippen LogP contribution is -1.93. The lowest BCUT2D eigenvalue weighted by molar-refractivity contribution is 0.108. The molecule has 6 heteroatoms. The Labute approximate surface area is 135 Å². The molecule has 112 valence electrons. The zero-order chi connectivity index (χ0) is 15.6. The summed E-state index contributed by atoms with van der Waals surface area (Å²) in [5.74, 6) is 0.728. The van der Waals surface area contributed by atoms with Crippen molar-refractivity contribution in [2.45, 2.75) is 5.22 Å². The van der Waals surface area contributed by atoms with E-state index < -0.39 is 0 Å². The average Bonchev–Trinajstić information content (AvgIpc) is 3.25. The van der Waals surface area contributed by atoms with Crippen molar-refractivity contribution in [3.8, 4) is 11.7 Å². The molecule has 5 nitrogen and oxygen atoms in total. The second kappa shape index (κ2) is 5.73. The highest BCUT2D eigenvalue weighted by atomic mass is 32.2. The molecule has 0 aliphatic rings. The highest BCUT2D eigenvalue weighted by Crippen LogP contribution is 2.27. The molecule has 2 aromatic carbocycles. The minimum Gasteiger partial charge on any atom is -0.459 e. The first-order valence-electron chi connectivity index (χ1n) is 6.88. The van der Waals surface area contributed by atoms with Gasteiger partial charge in [0, 0.05) is 17.3 Å². The van der Waals surface area contributed by atoms with Crippen LogP contribution in [0.5, 0.6) is 0 Å². The number of carbonyl (C=O) groups excluding carboxylic acids is 1. The number of benzene rings is 2. The molecular formula is C17H10N2O3S. The first-order valence-corrected chi connectivity index (χ1v) is 7.69. The van der Waals surface area contributed by atoms with Gasteiger partial charge in [-0.3, -0.25) is 4.79 Å². The van der Waals surface area contributed by atoms with E-state index in [0.717, 1.165) is 22.5 Å². The Morgan fingerprint density at radius 1 is 0.957 bits per heavy atom. The van der Waals surface area contributed by atoms with Gasteiger partial charge in [-0.15, -0.1) is 10.2 Å². The summed E-state index contributed by atoms with van der Waals surface area (Å²) in [6.07, 6.45) is 1.52. The van der Waals surface area contributed by atoms with Gasteiger partial charge in [-0.1, -0.05) is 30.3 Å². The normalized spacial score (nSPS) is 11.0. The zero-order valence-corrected chi connectivity index (χ0v) is 12.6. The quantitative estimate of drug-likeness (QED) is 0.520. The van der Waals surface area contributed by atoms with Crippen molar-refractivity contribution < 1.29 is 13.6 Å². The second-order valence-electron chi connectivity index (χ2n) is 4.80. The number of thioether (sulfide) groups is 1. The summed E-state index contributed by atoms with van der Waals surface area (Å²) in [7, 11) is 0. The molecule has 4 rings (SSSR count). The van der Waals surface area contributed by atoms with Crippen LogP contribution < -0.4 is 0 Å². The monoisotopic (exact) mass is 322 g/mol. The van der Waals surface area contributed by atoms with E-state index in [1.165, 1.54) is 6.26 Å².